The van der Waals surface area contributed by atoms with Crippen LogP contribution in [0.5, 0.6) is 0 Å². The lowest BCUT2D eigenvalue weighted by Gasteiger charge is -2.12. The van der Waals surface area contributed by atoms with Gasteiger partial charge in [-0.15, -0.1) is 24.0 Å². The van der Waals surface area contributed by atoms with Crippen LogP contribution in [-0.2, 0) is 13.0 Å². The van der Waals surface area contributed by atoms with Crippen LogP contribution in [0.15, 0.2) is 53.5 Å². The zero-order valence-electron chi connectivity index (χ0n) is 14.9. The van der Waals surface area contributed by atoms with Crippen LogP contribution in [0.25, 0.3) is 0 Å². The van der Waals surface area contributed by atoms with Crippen LogP contribution in [0.2, 0.25) is 0 Å². The number of carbonyl (C=O) groups excluding carboxylic acids is 1. The van der Waals surface area contributed by atoms with E-state index in [9.17, 15) is 9.18 Å². The average molecular weight is 470 g/mol. The minimum absolute atomic E-state index is 0. The molecule has 2 rings (SSSR count). The van der Waals surface area contributed by atoms with E-state index in [2.05, 4.69) is 20.9 Å². The summed E-state index contributed by atoms with van der Waals surface area (Å²) in [6.45, 7) is 1.16. The number of hydrogen-bond acceptors (Lipinski definition) is 2. The van der Waals surface area contributed by atoms with Crippen LogP contribution in [-0.4, -0.2) is 32.5 Å². The summed E-state index contributed by atoms with van der Waals surface area (Å²) in [6.07, 6.45) is 0.578. The lowest BCUT2D eigenvalue weighted by molar-refractivity contribution is 0.0963. The average Bonchev–Trinajstić information content (AvgIpc) is 2.65. The molecule has 0 saturated carbocycles. The first-order valence-corrected chi connectivity index (χ1v) is 8.13. The van der Waals surface area contributed by atoms with Gasteiger partial charge in [-0.25, -0.2) is 4.39 Å². The number of benzene rings is 2. The molecule has 26 heavy (non-hydrogen) atoms. The van der Waals surface area contributed by atoms with Gasteiger partial charge in [0.05, 0.1) is 0 Å². The molecular formula is C19H24FIN4O. The monoisotopic (exact) mass is 470 g/mol. The summed E-state index contributed by atoms with van der Waals surface area (Å²) in [5, 5.41) is 8.95. The maximum absolute atomic E-state index is 13.6. The molecule has 140 valence electrons. The fourth-order valence-corrected chi connectivity index (χ4v) is 2.34. The minimum Gasteiger partial charge on any atom is -0.356 e. The Morgan fingerprint density at radius 3 is 2.38 bits per heavy atom. The van der Waals surface area contributed by atoms with Gasteiger partial charge in [0.15, 0.2) is 5.96 Å². The molecule has 0 spiro atoms. The Balaban J connectivity index is 0.00000338. The van der Waals surface area contributed by atoms with Gasteiger partial charge in [0.2, 0.25) is 0 Å². The van der Waals surface area contributed by atoms with Crippen molar-refractivity contribution in [3.63, 3.8) is 0 Å². The molecule has 0 saturated heterocycles. The van der Waals surface area contributed by atoms with Gasteiger partial charge in [0, 0.05) is 32.7 Å². The van der Waals surface area contributed by atoms with E-state index < -0.39 is 0 Å². The molecular weight excluding hydrogens is 446 g/mol. The molecule has 0 fully saturated rings. The van der Waals surface area contributed by atoms with E-state index in [1.54, 1.807) is 38.4 Å². The highest BCUT2D eigenvalue weighted by molar-refractivity contribution is 14.0. The van der Waals surface area contributed by atoms with Crippen LogP contribution in [0.4, 0.5) is 4.39 Å². The first kappa shape index (κ1) is 21.9. The minimum atomic E-state index is -0.191. The molecule has 3 N–H and O–H groups in total. The van der Waals surface area contributed by atoms with E-state index in [-0.39, 0.29) is 35.7 Å². The van der Waals surface area contributed by atoms with E-state index in [1.165, 1.54) is 6.07 Å². The van der Waals surface area contributed by atoms with E-state index in [0.717, 1.165) is 5.56 Å². The smallest absolute Gasteiger partial charge is 0.251 e. The van der Waals surface area contributed by atoms with Crippen molar-refractivity contribution >= 4 is 35.8 Å². The Kier molecular flexibility index (Phi) is 9.64. The summed E-state index contributed by atoms with van der Waals surface area (Å²) in [7, 11) is 3.29. The Bertz CT molecular complexity index is 735. The number of hydrogen-bond donors (Lipinski definition) is 3. The normalized spacial score (nSPS) is 10.7. The Labute approximate surface area is 170 Å². The quantitative estimate of drug-likeness (QED) is 0.346. The third kappa shape index (κ3) is 6.62. The molecule has 0 atom stereocenters. The summed E-state index contributed by atoms with van der Waals surface area (Å²) < 4.78 is 13.6. The van der Waals surface area contributed by atoms with Crippen LogP contribution in [0.1, 0.15) is 21.5 Å². The molecule has 0 unspecified atom stereocenters. The van der Waals surface area contributed by atoms with Crippen molar-refractivity contribution in [1.29, 1.82) is 0 Å². The van der Waals surface area contributed by atoms with Gasteiger partial charge < -0.3 is 16.0 Å². The number of nitrogens with zero attached hydrogens (tertiary/aromatic N) is 1. The van der Waals surface area contributed by atoms with Gasteiger partial charge in [-0.1, -0.05) is 30.3 Å². The zero-order valence-corrected chi connectivity index (χ0v) is 17.2. The summed E-state index contributed by atoms with van der Waals surface area (Å²) in [6, 6.07) is 14.1. The SMILES string of the molecule is CN=C(NCCc1ccccc1F)NCc1ccc(C(=O)NC)cc1.I. The fraction of sp³-hybridized carbons (Fsp3) is 0.263. The lowest BCUT2D eigenvalue weighted by Crippen LogP contribution is -2.37. The predicted molar refractivity (Wildman–Crippen MR) is 114 cm³/mol. The van der Waals surface area contributed by atoms with Crippen LogP contribution < -0.4 is 16.0 Å². The van der Waals surface area contributed by atoms with Gasteiger partial charge >= 0.3 is 0 Å². The van der Waals surface area contributed by atoms with Gasteiger partial charge in [-0.05, 0) is 35.7 Å². The number of nitrogens with one attached hydrogen (secondary N) is 3. The molecule has 0 aromatic heterocycles. The number of amides is 1. The Hall–Kier alpha value is -2.16. The first-order valence-electron chi connectivity index (χ1n) is 8.13. The molecule has 1 amide bonds. The van der Waals surface area contributed by atoms with Crippen molar-refractivity contribution in [3.8, 4) is 0 Å². The van der Waals surface area contributed by atoms with Gasteiger partial charge in [0.1, 0.15) is 5.82 Å². The van der Waals surface area contributed by atoms with Gasteiger partial charge in [-0.2, -0.15) is 0 Å². The number of aliphatic imine (C=N–C) groups is 1. The summed E-state index contributed by atoms with van der Waals surface area (Å²) in [5.41, 5.74) is 2.33. The highest BCUT2D eigenvalue weighted by Gasteiger charge is 2.04. The van der Waals surface area contributed by atoms with Gasteiger partial charge in [0.25, 0.3) is 5.91 Å². The third-order valence-electron chi connectivity index (χ3n) is 3.77. The van der Waals surface area contributed by atoms with E-state index >= 15 is 0 Å². The number of carbonyl (C=O) groups is 1. The summed E-state index contributed by atoms with van der Waals surface area (Å²) in [4.78, 5) is 15.7. The third-order valence-corrected chi connectivity index (χ3v) is 3.77. The molecule has 0 aliphatic rings. The second-order valence-corrected chi connectivity index (χ2v) is 5.47. The molecule has 0 heterocycles. The standard InChI is InChI=1S/C19H23FN4O.HI/c1-21-18(25)16-9-7-14(8-10-16)13-24-19(22-2)23-12-11-15-5-3-4-6-17(15)20;/h3-10H,11-13H2,1-2H3,(H,21,25)(H2,22,23,24);1H. The zero-order chi connectivity index (χ0) is 18.1. The molecule has 0 bridgehead atoms. The van der Waals surface area contributed by atoms with Crippen LogP contribution in [0.3, 0.4) is 0 Å². The molecule has 7 heteroatoms. The maximum Gasteiger partial charge on any atom is 0.251 e. The molecule has 5 nitrogen and oxygen atoms in total. The molecule has 0 radical (unpaired) electrons. The topological polar surface area (TPSA) is 65.5 Å². The maximum atomic E-state index is 13.6. The Morgan fingerprint density at radius 2 is 1.77 bits per heavy atom. The van der Waals surface area contributed by atoms with Crippen molar-refractivity contribution < 1.29 is 9.18 Å². The van der Waals surface area contributed by atoms with Crippen molar-refractivity contribution in [2.75, 3.05) is 20.6 Å². The number of rotatable bonds is 6. The number of halogens is 2. The predicted octanol–water partition coefficient (Wildman–Crippen LogP) is 2.71. The van der Waals surface area contributed by atoms with E-state index in [1.807, 2.05) is 18.2 Å². The molecule has 2 aromatic rings. The van der Waals surface area contributed by atoms with Crippen molar-refractivity contribution in [2.45, 2.75) is 13.0 Å². The van der Waals surface area contributed by atoms with Crippen LogP contribution in [0, 0.1) is 5.82 Å². The van der Waals surface area contributed by atoms with Crippen LogP contribution >= 0.6 is 24.0 Å². The second-order valence-electron chi connectivity index (χ2n) is 5.47. The second kappa shape index (κ2) is 11.5. The first-order chi connectivity index (χ1) is 12.1. The lowest BCUT2D eigenvalue weighted by atomic mass is 10.1. The molecule has 0 aliphatic carbocycles. The fourth-order valence-electron chi connectivity index (χ4n) is 2.34. The molecule has 0 aliphatic heterocycles. The largest absolute Gasteiger partial charge is 0.356 e. The van der Waals surface area contributed by atoms with Gasteiger partial charge in [-0.3, -0.25) is 9.79 Å². The number of guanidine groups is 1. The summed E-state index contributed by atoms with van der Waals surface area (Å²) in [5.74, 6) is 0.347. The van der Waals surface area contributed by atoms with Crippen molar-refractivity contribution in [1.82, 2.24) is 16.0 Å². The van der Waals surface area contributed by atoms with Crippen molar-refractivity contribution in [2.24, 2.45) is 4.99 Å². The highest BCUT2D eigenvalue weighted by atomic mass is 127. The van der Waals surface area contributed by atoms with E-state index in [4.69, 9.17) is 0 Å². The Morgan fingerprint density at radius 1 is 1.08 bits per heavy atom. The highest BCUT2D eigenvalue weighted by Crippen LogP contribution is 2.06. The molecule has 2 aromatic carbocycles. The summed E-state index contributed by atoms with van der Waals surface area (Å²) >= 11 is 0. The van der Waals surface area contributed by atoms with E-state index in [0.29, 0.717) is 36.6 Å². The van der Waals surface area contributed by atoms with Crippen molar-refractivity contribution in [3.05, 3.63) is 71.0 Å².